The zero-order chi connectivity index (χ0) is 15.6. The summed E-state index contributed by atoms with van der Waals surface area (Å²) < 4.78 is 5.64. The molecule has 0 aliphatic rings. The van der Waals surface area contributed by atoms with E-state index in [1.54, 1.807) is 31.2 Å². The lowest BCUT2D eigenvalue weighted by atomic mass is 10.1. The molecular formula is C14H12ClN3O3. The summed E-state index contributed by atoms with van der Waals surface area (Å²) in [5.41, 5.74) is 6.27. The normalized spacial score (nSPS) is 10.2. The Morgan fingerprint density at radius 2 is 2.10 bits per heavy atom. The van der Waals surface area contributed by atoms with Crippen LogP contribution in [0.1, 0.15) is 11.1 Å². The van der Waals surface area contributed by atoms with E-state index in [4.69, 9.17) is 27.5 Å². The molecule has 0 bridgehead atoms. The summed E-state index contributed by atoms with van der Waals surface area (Å²) >= 11 is 6.00. The van der Waals surface area contributed by atoms with Gasteiger partial charge in [0.2, 0.25) is 0 Å². The highest BCUT2D eigenvalue weighted by Crippen LogP contribution is 2.32. The molecule has 0 atom stereocenters. The van der Waals surface area contributed by atoms with Crippen LogP contribution >= 0.6 is 11.6 Å². The molecule has 21 heavy (non-hydrogen) atoms. The Kier molecular flexibility index (Phi) is 4.09. The average Bonchev–Trinajstić information content (AvgIpc) is 2.37. The van der Waals surface area contributed by atoms with Gasteiger partial charge in [0, 0.05) is 11.6 Å². The maximum absolute atomic E-state index is 10.8. The number of rotatable bonds is 4. The van der Waals surface area contributed by atoms with Crippen LogP contribution in [0.3, 0.4) is 0 Å². The molecule has 0 fully saturated rings. The molecule has 0 heterocycles. The minimum atomic E-state index is -0.459. The van der Waals surface area contributed by atoms with Crippen molar-refractivity contribution in [2.75, 3.05) is 0 Å². The highest BCUT2D eigenvalue weighted by molar-refractivity contribution is 6.34. The number of amidine groups is 1. The molecule has 0 aliphatic heterocycles. The molecule has 0 aliphatic carbocycles. The van der Waals surface area contributed by atoms with Gasteiger partial charge in [-0.25, -0.2) is 0 Å². The highest BCUT2D eigenvalue weighted by atomic mass is 35.5. The molecule has 6 nitrogen and oxygen atoms in total. The van der Waals surface area contributed by atoms with Gasteiger partial charge in [-0.2, -0.15) is 0 Å². The summed E-state index contributed by atoms with van der Waals surface area (Å²) in [4.78, 5) is 10.3. The Balaban J connectivity index is 2.39. The Morgan fingerprint density at radius 1 is 1.38 bits per heavy atom. The Hall–Kier alpha value is -2.60. The number of nitrogens with one attached hydrogen (secondary N) is 1. The second-order valence-corrected chi connectivity index (χ2v) is 4.74. The second kappa shape index (κ2) is 5.80. The van der Waals surface area contributed by atoms with E-state index in [9.17, 15) is 10.1 Å². The van der Waals surface area contributed by atoms with Crippen molar-refractivity contribution in [2.45, 2.75) is 6.92 Å². The predicted molar refractivity (Wildman–Crippen MR) is 80.4 cm³/mol. The molecule has 2 rings (SSSR count). The average molecular weight is 306 g/mol. The summed E-state index contributed by atoms with van der Waals surface area (Å²) in [7, 11) is 0. The largest absolute Gasteiger partial charge is 0.457 e. The zero-order valence-electron chi connectivity index (χ0n) is 11.1. The Labute approximate surface area is 125 Å². The number of nitro benzene ring substituents is 1. The van der Waals surface area contributed by atoms with Gasteiger partial charge in [0.15, 0.2) is 0 Å². The molecule has 0 amide bonds. The molecule has 0 saturated carbocycles. The van der Waals surface area contributed by atoms with Crippen LogP contribution < -0.4 is 10.5 Å². The van der Waals surface area contributed by atoms with Gasteiger partial charge in [-0.3, -0.25) is 15.5 Å². The first-order valence-electron chi connectivity index (χ1n) is 5.96. The van der Waals surface area contributed by atoms with Gasteiger partial charge in [-0.05, 0) is 31.2 Å². The predicted octanol–water partition coefficient (Wildman–Crippen LogP) is 3.63. The first-order chi connectivity index (χ1) is 9.90. The van der Waals surface area contributed by atoms with Gasteiger partial charge in [-0.1, -0.05) is 17.7 Å². The fourth-order valence-corrected chi connectivity index (χ4v) is 2.14. The lowest BCUT2D eigenvalue weighted by Crippen LogP contribution is -2.13. The van der Waals surface area contributed by atoms with E-state index >= 15 is 0 Å². The maximum Gasteiger partial charge on any atom is 0.272 e. The molecule has 7 heteroatoms. The van der Waals surface area contributed by atoms with Crippen molar-refractivity contribution in [3.63, 3.8) is 0 Å². The third-order valence-corrected chi connectivity index (χ3v) is 3.15. The van der Waals surface area contributed by atoms with Crippen LogP contribution in [0.2, 0.25) is 5.02 Å². The van der Waals surface area contributed by atoms with Crippen LogP contribution in [-0.4, -0.2) is 10.8 Å². The lowest BCUT2D eigenvalue weighted by molar-refractivity contribution is -0.385. The number of aryl methyl sites for hydroxylation is 1. The van der Waals surface area contributed by atoms with E-state index in [-0.39, 0.29) is 17.1 Å². The number of nitrogen functional groups attached to an aromatic ring is 1. The van der Waals surface area contributed by atoms with Crippen LogP contribution in [0.4, 0.5) is 5.69 Å². The fourth-order valence-electron chi connectivity index (χ4n) is 1.87. The molecule has 0 unspecified atom stereocenters. The van der Waals surface area contributed by atoms with Gasteiger partial charge < -0.3 is 10.5 Å². The van der Waals surface area contributed by atoms with Crippen molar-refractivity contribution in [1.82, 2.24) is 0 Å². The van der Waals surface area contributed by atoms with Crippen molar-refractivity contribution >= 4 is 23.1 Å². The van der Waals surface area contributed by atoms with Gasteiger partial charge in [-0.15, -0.1) is 0 Å². The van der Waals surface area contributed by atoms with E-state index in [1.165, 1.54) is 12.1 Å². The zero-order valence-corrected chi connectivity index (χ0v) is 11.8. The first kappa shape index (κ1) is 14.8. The summed E-state index contributed by atoms with van der Waals surface area (Å²) in [5, 5.41) is 18.6. The lowest BCUT2D eigenvalue weighted by Gasteiger charge is -2.12. The number of nitro groups is 1. The van der Waals surface area contributed by atoms with E-state index in [1.807, 2.05) is 0 Å². The van der Waals surface area contributed by atoms with Gasteiger partial charge in [0.05, 0.1) is 15.5 Å². The smallest absolute Gasteiger partial charge is 0.272 e. The van der Waals surface area contributed by atoms with Crippen LogP contribution in [0.15, 0.2) is 36.4 Å². The van der Waals surface area contributed by atoms with Crippen LogP contribution in [0, 0.1) is 22.4 Å². The third-order valence-electron chi connectivity index (χ3n) is 2.84. The van der Waals surface area contributed by atoms with E-state index in [2.05, 4.69) is 0 Å². The van der Waals surface area contributed by atoms with Crippen molar-refractivity contribution < 1.29 is 9.66 Å². The topological polar surface area (TPSA) is 102 Å². The quantitative estimate of drug-likeness (QED) is 0.389. The molecule has 0 saturated heterocycles. The van der Waals surface area contributed by atoms with Gasteiger partial charge >= 0.3 is 0 Å². The summed E-state index contributed by atoms with van der Waals surface area (Å²) in [6, 6.07) is 9.29. The number of nitrogens with zero attached hydrogens (tertiary/aromatic N) is 1. The van der Waals surface area contributed by atoms with Crippen molar-refractivity contribution in [1.29, 1.82) is 5.41 Å². The molecular weight excluding hydrogens is 294 g/mol. The fraction of sp³-hybridized carbons (Fsp3) is 0.0714. The molecule has 108 valence electrons. The number of benzene rings is 2. The number of nitrogens with two attached hydrogens (primary N) is 1. The Bertz CT molecular complexity index is 731. The number of halogens is 1. The van der Waals surface area contributed by atoms with Crippen molar-refractivity contribution in [3.05, 3.63) is 62.7 Å². The standard InChI is InChI=1S/C14H12ClN3O3/c1-8-7-9(5-6-11(8)18(19)20)21-12-4-2-3-10(15)13(12)14(16)17/h2-7H,1H3,(H3,16,17). The third kappa shape index (κ3) is 3.11. The Morgan fingerprint density at radius 3 is 2.67 bits per heavy atom. The SMILES string of the molecule is Cc1cc(Oc2cccc(Cl)c2C(=N)N)ccc1[N+](=O)[O-]. The molecule has 0 aromatic heterocycles. The molecule has 2 aromatic carbocycles. The number of ether oxygens (including phenoxy) is 1. The minimum absolute atomic E-state index is 0.0141. The van der Waals surface area contributed by atoms with E-state index in [0.717, 1.165) is 0 Å². The maximum atomic E-state index is 10.8. The van der Waals surface area contributed by atoms with Crippen LogP contribution in [0.5, 0.6) is 11.5 Å². The van der Waals surface area contributed by atoms with Gasteiger partial charge in [0.25, 0.3) is 5.69 Å². The van der Waals surface area contributed by atoms with Crippen molar-refractivity contribution in [2.24, 2.45) is 5.73 Å². The molecule has 2 aromatic rings. The molecule has 0 radical (unpaired) electrons. The summed E-state index contributed by atoms with van der Waals surface area (Å²) in [6.45, 7) is 1.62. The van der Waals surface area contributed by atoms with E-state index < -0.39 is 4.92 Å². The summed E-state index contributed by atoms with van der Waals surface area (Å²) in [5.74, 6) is 0.514. The van der Waals surface area contributed by atoms with Gasteiger partial charge in [0.1, 0.15) is 17.3 Å². The van der Waals surface area contributed by atoms with Crippen LogP contribution in [-0.2, 0) is 0 Å². The molecule has 0 spiro atoms. The summed E-state index contributed by atoms with van der Waals surface area (Å²) in [6.07, 6.45) is 0. The van der Waals surface area contributed by atoms with E-state index in [0.29, 0.717) is 22.1 Å². The number of hydrogen-bond donors (Lipinski definition) is 2. The van der Waals surface area contributed by atoms with Crippen molar-refractivity contribution in [3.8, 4) is 11.5 Å². The minimum Gasteiger partial charge on any atom is -0.457 e. The van der Waals surface area contributed by atoms with Crippen LogP contribution in [0.25, 0.3) is 0 Å². The monoisotopic (exact) mass is 305 g/mol. The first-order valence-corrected chi connectivity index (χ1v) is 6.33. The second-order valence-electron chi connectivity index (χ2n) is 4.33. The highest BCUT2D eigenvalue weighted by Gasteiger charge is 2.14. The number of hydrogen-bond acceptors (Lipinski definition) is 4. The molecule has 3 N–H and O–H groups in total.